The summed E-state index contributed by atoms with van der Waals surface area (Å²) >= 11 is 0. The van der Waals surface area contributed by atoms with E-state index < -0.39 is 0 Å². The van der Waals surface area contributed by atoms with Gasteiger partial charge in [0.15, 0.2) is 0 Å². The average Bonchev–Trinajstić information content (AvgIpc) is 2.32. The van der Waals surface area contributed by atoms with Gasteiger partial charge in [-0.2, -0.15) is 0 Å². The summed E-state index contributed by atoms with van der Waals surface area (Å²) in [5, 5.41) is 9.10. The van der Waals surface area contributed by atoms with Crippen molar-refractivity contribution >= 4 is 0 Å². The van der Waals surface area contributed by atoms with Crippen molar-refractivity contribution in [1.82, 2.24) is 0 Å². The van der Waals surface area contributed by atoms with E-state index in [0.29, 0.717) is 19.8 Å². The minimum absolute atomic E-state index is 0.266. The first kappa shape index (κ1) is 13.8. The Bertz CT molecular complexity index is 315. The SMILES string of the molecule is CC(O)CCCOc1cccc(OCCN)c1. The van der Waals surface area contributed by atoms with Gasteiger partial charge in [-0.15, -0.1) is 0 Å². The topological polar surface area (TPSA) is 64.7 Å². The molecule has 0 heterocycles. The van der Waals surface area contributed by atoms with Gasteiger partial charge in [0.25, 0.3) is 0 Å². The maximum atomic E-state index is 9.10. The molecule has 0 amide bonds. The molecule has 1 unspecified atom stereocenters. The number of hydrogen-bond donors (Lipinski definition) is 2. The lowest BCUT2D eigenvalue weighted by Gasteiger charge is -2.09. The monoisotopic (exact) mass is 239 g/mol. The maximum absolute atomic E-state index is 9.10. The first-order valence-electron chi connectivity index (χ1n) is 5.96. The fourth-order valence-corrected chi connectivity index (χ4v) is 1.40. The zero-order valence-corrected chi connectivity index (χ0v) is 10.3. The molecule has 96 valence electrons. The average molecular weight is 239 g/mol. The smallest absolute Gasteiger partial charge is 0.123 e. The second-order valence-electron chi connectivity index (χ2n) is 3.95. The molecule has 1 aromatic carbocycles. The quantitative estimate of drug-likeness (QED) is 0.676. The van der Waals surface area contributed by atoms with Gasteiger partial charge in [0.1, 0.15) is 18.1 Å². The van der Waals surface area contributed by atoms with Crippen molar-refractivity contribution in [3.8, 4) is 11.5 Å². The Labute approximate surface area is 102 Å². The predicted molar refractivity (Wildman–Crippen MR) is 67.4 cm³/mol. The van der Waals surface area contributed by atoms with Gasteiger partial charge in [-0.3, -0.25) is 0 Å². The molecule has 1 atom stereocenters. The fourth-order valence-electron chi connectivity index (χ4n) is 1.40. The van der Waals surface area contributed by atoms with Crippen LogP contribution in [0.2, 0.25) is 0 Å². The molecule has 0 aromatic heterocycles. The molecule has 0 fully saturated rings. The van der Waals surface area contributed by atoms with Gasteiger partial charge in [-0.05, 0) is 31.9 Å². The number of nitrogens with two attached hydrogens (primary N) is 1. The first-order valence-corrected chi connectivity index (χ1v) is 5.96. The Balaban J connectivity index is 2.32. The van der Waals surface area contributed by atoms with Crippen LogP contribution in [0.5, 0.6) is 11.5 Å². The molecular weight excluding hydrogens is 218 g/mol. The van der Waals surface area contributed by atoms with Crippen LogP contribution < -0.4 is 15.2 Å². The van der Waals surface area contributed by atoms with Crippen LogP contribution in [0, 0.1) is 0 Å². The van der Waals surface area contributed by atoms with Crippen LogP contribution in [0.4, 0.5) is 0 Å². The Morgan fingerprint density at radius 2 is 1.88 bits per heavy atom. The molecule has 0 saturated carbocycles. The van der Waals surface area contributed by atoms with Gasteiger partial charge >= 0.3 is 0 Å². The Hall–Kier alpha value is -1.26. The molecule has 0 aliphatic carbocycles. The summed E-state index contributed by atoms with van der Waals surface area (Å²) in [6.07, 6.45) is 1.33. The third-order valence-corrected chi connectivity index (χ3v) is 2.23. The molecule has 4 nitrogen and oxygen atoms in total. The molecule has 0 radical (unpaired) electrons. The molecule has 0 aliphatic heterocycles. The van der Waals surface area contributed by atoms with Crippen LogP contribution in [0.15, 0.2) is 24.3 Å². The predicted octanol–water partition coefficient (Wildman–Crippen LogP) is 1.56. The second-order valence-corrected chi connectivity index (χ2v) is 3.95. The van der Waals surface area contributed by atoms with Crippen molar-refractivity contribution in [3.05, 3.63) is 24.3 Å². The number of hydrogen-bond acceptors (Lipinski definition) is 4. The summed E-state index contributed by atoms with van der Waals surface area (Å²) in [6.45, 7) is 3.39. The number of benzene rings is 1. The number of rotatable bonds is 8. The summed E-state index contributed by atoms with van der Waals surface area (Å²) in [5.74, 6) is 1.55. The van der Waals surface area contributed by atoms with Gasteiger partial charge in [0, 0.05) is 12.6 Å². The van der Waals surface area contributed by atoms with E-state index in [0.717, 1.165) is 24.3 Å². The summed E-state index contributed by atoms with van der Waals surface area (Å²) < 4.78 is 11.0. The highest BCUT2D eigenvalue weighted by molar-refractivity contribution is 5.32. The van der Waals surface area contributed by atoms with E-state index in [-0.39, 0.29) is 6.10 Å². The highest BCUT2D eigenvalue weighted by Crippen LogP contribution is 2.19. The minimum atomic E-state index is -0.266. The van der Waals surface area contributed by atoms with Gasteiger partial charge in [0.05, 0.1) is 12.7 Å². The highest BCUT2D eigenvalue weighted by Gasteiger charge is 1.99. The molecule has 3 N–H and O–H groups in total. The zero-order chi connectivity index (χ0) is 12.5. The van der Waals surface area contributed by atoms with Crippen LogP contribution in [0.3, 0.4) is 0 Å². The van der Waals surface area contributed by atoms with Crippen molar-refractivity contribution < 1.29 is 14.6 Å². The normalized spacial score (nSPS) is 12.2. The lowest BCUT2D eigenvalue weighted by Crippen LogP contribution is -2.10. The molecular formula is C13H21NO3. The van der Waals surface area contributed by atoms with Crippen molar-refractivity contribution in [1.29, 1.82) is 0 Å². The Kier molecular flexibility index (Phi) is 6.43. The molecule has 17 heavy (non-hydrogen) atoms. The molecule has 4 heteroatoms. The zero-order valence-electron chi connectivity index (χ0n) is 10.3. The van der Waals surface area contributed by atoms with E-state index in [2.05, 4.69) is 0 Å². The van der Waals surface area contributed by atoms with Crippen LogP contribution in [-0.2, 0) is 0 Å². The number of ether oxygens (including phenoxy) is 2. The molecule has 0 aliphatic rings. The molecule has 0 bridgehead atoms. The van der Waals surface area contributed by atoms with Gasteiger partial charge in [0.2, 0.25) is 0 Å². The molecule has 1 rings (SSSR count). The highest BCUT2D eigenvalue weighted by atomic mass is 16.5. The van der Waals surface area contributed by atoms with Gasteiger partial charge in [-0.1, -0.05) is 6.07 Å². The lowest BCUT2D eigenvalue weighted by molar-refractivity contribution is 0.170. The van der Waals surface area contributed by atoms with Crippen LogP contribution in [-0.4, -0.2) is 31.0 Å². The number of aliphatic hydroxyl groups is 1. The minimum Gasteiger partial charge on any atom is -0.493 e. The van der Waals surface area contributed by atoms with Crippen molar-refractivity contribution in [2.24, 2.45) is 5.73 Å². The van der Waals surface area contributed by atoms with Crippen LogP contribution >= 0.6 is 0 Å². The molecule has 1 aromatic rings. The fraction of sp³-hybridized carbons (Fsp3) is 0.538. The van der Waals surface area contributed by atoms with Crippen LogP contribution in [0.25, 0.3) is 0 Å². The van der Waals surface area contributed by atoms with E-state index in [9.17, 15) is 0 Å². The standard InChI is InChI=1S/C13H21NO3/c1-11(15)4-3-8-16-12-5-2-6-13(10-12)17-9-7-14/h2,5-6,10-11,15H,3-4,7-9,14H2,1H3. The van der Waals surface area contributed by atoms with E-state index in [4.69, 9.17) is 20.3 Å². The summed E-state index contributed by atoms with van der Waals surface area (Å²) in [6, 6.07) is 7.49. The summed E-state index contributed by atoms with van der Waals surface area (Å²) in [4.78, 5) is 0. The van der Waals surface area contributed by atoms with Gasteiger partial charge < -0.3 is 20.3 Å². The third kappa shape index (κ3) is 6.14. The second kappa shape index (κ2) is 7.92. The molecule has 0 spiro atoms. The lowest BCUT2D eigenvalue weighted by atomic mass is 10.2. The largest absolute Gasteiger partial charge is 0.493 e. The third-order valence-electron chi connectivity index (χ3n) is 2.23. The van der Waals surface area contributed by atoms with E-state index in [1.54, 1.807) is 6.92 Å². The Morgan fingerprint density at radius 1 is 1.24 bits per heavy atom. The maximum Gasteiger partial charge on any atom is 0.123 e. The summed E-state index contributed by atoms with van der Waals surface area (Å²) in [7, 11) is 0. The molecule has 0 saturated heterocycles. The number of aliphatic hydroxyl groups excluding tert-OH is 1. The van der Waals surface area contributed by atoms with Crippen molar-refractivity contribution in [2.45, 2.75) is 25.9 Å². The van der Waals surface area contributed by atoms with E-state index in [1.165, 1.54) is 0 Å². The Morgan fingerprint density at radius 3 is 2.47 bits per heavy atom. The van der Waals surface area contributed by atoms with E-state index in [1.807, 2.05) is 24.3 Å². The summed E-state index contributed by atoms with van der Waals surface area (Å²) in [5.41, 5.74) is 5.36. The first-order chi connectivity index (χ1) is 8.22. The van der Waals surface area contributed by atoms with E-state index >= 15 is 0 Å². The van der Waals surface area contributed by atoms with Crippen molar-refractivity contribution in [2.75, 3.05) is 19.8 Å². The van der Waals surface area contributed by atoms with Crippen LogP contribution in [0.1, 0.15) is 19.8 Å². The van der Waals surface area contributed by atoms with Crippen molar-refractivity contribution in [3.63, 3.8) is 0 Å². The van der Waals surface area contributed by atoms with Gasteiger partial charge in [-0.25, -0.2) is 0 Å².